The molecule has 0 aliphatic carbocycles. The van der Waals surface area contributed by atoms with Crippen LogP contribution in [-0.2, 0) is 0 Å². The van der Waals surface area contributed by atoms with Crippen molar-refractivity contribution in [2.45, 2.75) is 13.8 Å². The SMILES string of the molecule is CC#C/C(C)=C/c1ccccc1. The van der Waals surface area contributed by atoms with Crippen LogP contribution in [0, 0.1) is 11.8 Å². The van der Waals surface area contributed by atoms with E-state index in [1.165, 1.54) is 5.56 Å². The van der Waals surface area contributed by atoms with E-state index in [1.807, 2.05) is 32.0 Å². The normalized spacial score (nSPS) is 10.3. The molecule has 0 saturated carbocycles. The van der Waals surface area contributed by atoms with Gasteiger partial charge in [0.2, 0.25) is 0 Å². The van der Waals surface area contributed by atoms with Crippen molar-refractivity contribution in [1.82, 2.24) is 0 Å². The molecule has 12 heavy (non-hydrogen) atoms. The fourth-order valence-electron chi connectivity index (χ4n) is 1.03. The van der Waals surface area contributed by atoms with Gasteiger partial charge in [0.05, 0.1) is 0 Å². The lowest BCUT2D eigenvalue weighted by molar-refractivity contribution is 1.58. The Morgan fingerprint density at radius 1 is 1.25 bits per heavy atom. The third-order valence-electron chi connectivity index (χ3n) is 1.50. The van der Waals surface area contributed by atoms with Gasteiger partial charge in [-0.3, -0.25) is 0 Å². The maximum absolute atomic E-state index is 3.01. The summed E-state index contributed by atoms with van der Waals surface area (Å²) in [5.41, 5.74) is 2.31. The smallest absolute Gasteiger partial charge is 0.000497 e. The highest BCUT2D eigenvalue weighted by Gasteiger charge is 1.84. The first-order valence-electron chi connectivity index (χ1n) is 3.99. The van der Waals surface area contributed by atoms with Crippen LogP contribution in [0.1, 0.15) is 19.4 Å². The maximum Gasteiger partial charge on any atom is -0.000497 e. The molecule has 60 valence electrons. The van der Waals surface area contributed by atoms with Crippen LogP contribution in [0.5, 0.6) is 0 Å². The molecule has 0 radical (unpaired) electrons. The van der Waals surface area contributed by atoms with Gasteiger partial charge in [-0.15, -0.1) is 5.92 Å². The second kappa shape index (κ2) is 4.41. The lowest BCUT2D eigenvalue weighted by Crippen LogP contribution is -1.72. The zero-order valence-electron chi connectivity index (χ0n) is 7.46. The van der Waals surface area contributed by atoms with Gasteiger partial charge in [-0.2, -0.15) is 0 Å². The molecular weight excluding hydrogens is 144 g/mol. The van der Waals surface area contributed by atoms with Gasteiger partial charge >= 0.3 is 0 Å². The van der Waals surface area contributed by atoms with E-state index in [1.54, 1.807) is 0 Å². The van der Waals surface area contributed by atoms with E-state index in [4.69, 9.17) is 0 Å². The molecule has 0 bridgehead atoms. The number of allylic oxidation sites excluding steroid dienone is 1. The van der Waals surface area contributed by atoms with Crippen LogP contribution in [0.15, 0.2) is 35.9 Å². The van der Waals surface area contributed by atoms with Crippen molar-refractivity contribution in [3.8, 4) is 11.8 Å². The summed E-state index contributed by atoms with van der Waals surface area (Å²) < 4.78 is 0. The zero-order valence-corrected chi connectivity index (χ0v) is 7.46. The van der Waals surface area contributed by atoms with Crippen LogP contribution in [-0.4, -0.2) is 0 Å². The molecule has 0 spiro atoms. The zero-order chi connectivity index (χ0) is 8.81. The molecule has 0 heterocycles. The summed E-state index contributed by atoms with van der Waals surface area (Å²) in [5.74, 6) is 5.87. The average Bonchev–Trinajstić information content (AvgIpc) is 2.06. The van der Waals surface area contributed by atoms with E-state index < -0.39 is 0 Å². The van der Waals surface area contributed by atoms with Gasteiger partial charge in [0.1, 0.15) is 0 Å². The number of rotatable bonds is 1. The highest BCUT2D eigenvalue weighted by atomic mass is 13.9. The van der Waals surface area contributed by atoms with Crippen molar-refractivity contribution >= 4 is 6.08 Å². The van der Waals surface area contributed by atoms with Crippen LogP contribution >= 0.6 is 0 Å². The van der Waals surface area contributed by atoms with Crippen molar-refractivity contribution in [3.63, 3.8) is 0 Å². The summed E-state index contributed by atoms with van der Waals surface area (Å²) in [6, 6.07) is 10.2. The Balaban J connectivity index is 2.86. The molecular formula is C12H12. The van der Waals surface area contributed by atoms with Crippen molar-refractivity contribution in [2.24, 2.45) is 0 Å². The van der Waals surface area contributed by atoms with Crippen molar-refractivity contribution in [2.75, 3.05) is 0 Å². The molecule has 0 aliphatic heterocycles. The molecule has 0 aliphatic rings. The lowest BCUT2D eigenvalue weighted by Gasteiger charge is -1.91. The molecule has 1 aromatic rings. The summed E-state index contributed by atoms with van der Waals surface area (Å²) in [5, 5.41) is 0. The van der Waals surface area contributed by atoms with Crippen molar-refractivity contribution in [3.05, 3.63) is 41.5 Å². The highest BCUT2D eigenvalue weighted by molar-refractivity contribution is 5.57. The van der Waals surface area contributed by atoms with Crippen LogP contribution in [0.2, 0.25) is 0 Å². The average molecular weight is 156 g/mol. The standard InChI is InChI=1S/C12H12/c1-3-7-11(2)10-12-8-5-4-6-9-12/h4-6,8-10H,1-2H3/b11-10+. The van der Waals surface area contributed by atoms with Gasteiger partial charge < -0.3 is 0 Å². The van der Waals surface area contributed by atoms with E-state index >= 15 is 0 Å². The van der Waals surface area contributed by atoms with Crippen molar-refractivity contribution in [1.29, 1.82) is 0 Å². The first-order valence-corrected chi connectivity index (χ1v) is 3.99. The second-order valence-electron chi connectivity index (χ2n) is 2.61. The molecule has 0 aromatic heterocycles. The molecule has 0 N–H and O–H groups in total. The molecule has 0 unspecified atom stereocenters. The van der Waals surface area contributed by atoms with Gasteiger partial charge in [0, 0.05) is 0 Å². The Labute approximate surface area is 73.9 Å². The maximum atomic E-state index is 3.01. The number of hydrogen-bond donors (Lipinski definition) is 0. The van der Waals surface area contributed by atoms with Gasteiger partial charge in [-0.25, -0.2) is 0 Å². The Morgan fingerprint density at radius 3 is 2.50 bits per heavy atom. The van der Waals surface area contributed by atoms with E-state index in [2.05, 4.69) is 30.0 Å². The summed E-state index contributed by atoms with van der Waals surface area (Å²) in [6.07, 6.45) is 2.08. The van der Waals surface area contributed by atoms with Crippen LogP contribution in [0.3, 0.4) is 0 Å². The Bertz CT molecular complexity index is 320. The van der Waals surface area contributed by atoms with Crippen LogP contribution < -0.4 is 0 Å². The van der Waals surface area contributed by atoms with Crippen LogP contribution in [0.25, 0.3) is 6.08 Å². The third kappa shape index (κ3) is 2.64. The Morgan fingerprint density at radius 2 is 1.92 bits per heavy atom. The first kappa shape index (κ1) is 8.62. The first-order chi connectivity index (χ1) is 5.83. The predicted molar refractivity (Wildman–Crippen MR) is 53.5 cm³/mol. The summed E-state index contributed by atoms with van der Waals surface area (Å²) >= 11 is 0. The summed E-state index contributed by atoms with van der Waals surface area (Å²) in [6.45, 7) is 3.87. The Kier molecular flexibility index (Phi) is 3.17. The molecule has 0 fully saturated rings. The van der Waals surface area contributed by atoms with Gasteiger partial charge in [0.15, 0.2) is 0 Å². The minimum Gasteiger partial charge on any atom is -0.102 e. The molecule has 0 amide bonds. The largest absolute Gasteiger partial charge is 0.102 e. The molecule has 1 rings (SSSR count). The topological polar surface area (TPSA) is 0 Å². The summed E-state index contributed by atoms with van der Waals surface area (Å²) in [4.78, 5) is 0. The third-order valence-corrected chi connectivity index (χ3v) is 1.50. The fourth-order valence-corrected chi connectivity index (χ4v) is 1.03. The fraction of sp³-hybridized carbons (Fsp3) is 0.167. The minimum atomic E-state index is 1.10. The summed E-state index contributed by atoms with van der Waals surface area (Å²) in [7, 11) is 0. The van der Waals surface area contributed by atoms with Gasteiger partial charge in [0.25, 0.3) is 0 Å². The lowest BCUT2D eigenvalue weighted by atomic mass is 10.1. The quantitative estimate of drug-likeness (QED) is 0.548. The number of benzene rings is 1. The minimum absolute atomic E-state index is 1.10. The monoisotopic (exact) mass is 156 g/mol. The molecule has 0 heteroatoms. The van der Waals surface area contributed by atoms with Crippen molar-refractivity contribution < 1.29 is 0 Å². The van der Waals surface area contributed by atoms with E-state index in [0.29, 0.717) is 0 Å². The second-order valence-corrected chi connectivity index (χ2v) is 2.61. The van der Waals surface area contributed by atoms with Gasteiger partial charge in [-0.1, -0.05) is 36.3 Å². The van der Waals surface area contributed by atoms with Gasteiger partial charge in [-0.05, 0) is 31.1 Å². The van der Waals surface area contributed by atoms with E-state index in [0.717, 1.165) is 5.57 Å². The number of hydrogen-bond acceptors (Lipinski definition) is 0. The van der Waals surface area contributed by atoms with E-state index in [-0.39, 0.29) is 0 Å². The molecule has 0 saturated heterocycles. The van der Waals surface area contributed by atoms with Crippen LogP contribution in [0.4, 0.5) is 0 Å². The highest BCUT2D eigenvalue weighted by Crippen LogP contribution is 2.04. The predicted octanol–water partition coefficient (Wildman–Crippen LogP) is 3.11. The molecule has 1 aromatic carbocycles. The van der Waals surface area contributed by atoms with E-state index in [9.17, 15) is 0 Å². The molecule has 0 atom stereocenters. The molecule has 0 nitrogen and oxygen atoms in total. The Hall–Kier alpha value is -1.48.